The second-order valence-corrected chi connectivity index (χ2v) is 8.38. The van der Waals surface area contributed by atoms with Crippen LogP contribution in [0, 0.1) is 5.82 Å². The van der Waals surface area contributed by atoms with Gasteiger partial charge in [0.2, 0.25) is 5.43 Å². The molecule has 0 spiro atoms. The number of carboxylic acid groups (broad SMARTS) is 1. The van der Waals surface area contributed by atoms with Crippen LogP contribution in [0.1, 0.15) is 36.2 Å². The Morgan fingerprint density at radius 2 is 2.06 bits per heavy atom. The lowest BCUT2D eigenvalue weighted by Crippen LogP contribution is -2.56. The zero-order chi connectivity index (χ0) is 22.4. The molecule has 1 saturated carbocycles. The molecule has 31 heavy (non-hydrogen) atoms. The molecule has 2 aliphatic rings. The molecule has 0 amide bonds. The molecule has 166 valence electrons. The number of thiocarbonyl (C=S) groups is 1. The van der Waals surface area contributed by atoms with E-state index in [1.807, 2.05) is 11.8 Å². The molecule has 8 nitrogen and oxygen atoms in total. The molecule has 1 aromatic carbocycles. The first-order valence-electron chi connectivity index (χ1n) is 10.2. The molecule has 2 N–H and O–H groups in total. The van der Waals surface area contributed by atoms with Crippen LogP contribution in [-0.2, 0) is 0 Å². The number of hydrogen-bond acceptors (Lipinski definition) is 5. The number of pyridine rings is 1. The number of carboxylic acids is 1. The standard InChI is InChI=1S/C21H25FN4O4S/c1-11-9-24(6-7-25(11)21(31)23-2)17-15(22)8-13-16(19(17)30-3)26(12-4-5-12)10-14(18(13)27)20(28)29/h8,10-12H,4-7,9H2,1-3H3,(H,23,31)(H,28,29)/t11-/m0/s1. The van der Waals surface area contributed by atoms with E-state index in [0.29, 0.717) is 30.3 Å². The summed E-state index contributed by atoms with van der Waals surface area (Å²) in [7, 11) is 3.22. The molecule has 2 fully saturated rings. The van der Waals surface area contributed by atoms with E-state index < -0.39 is 17.2 Å². The van der Waals surface area contributed by atoms with Gasteiger partial charge in [-0.05, 0) is 38.0 Å². The van der Waals surface area contributed by atoms with Crippen molar-refractivity contribution in [3.63, 3.8) is 0 Å². The van der Waals surface area contributed by atoms with Crippen molar-refractivity contribution >= 4 is 39.9 Å². The van der Waals surface area contributed by atoms with Crippen molar-refractivity contribution in [2.45, 2.75) is 31.8 Å². The van der Waals surface area contributed by atoms with Crippen LogP contribution in [0.15, 0.2) is 17.1 Å². The van der Waals surface area contributed by atoms with E-state index in [9.17, 15) is 14.7 Å². The Bertz CT molecular complexity index is 1130. The summed E-state index contributed by atoms with van der Waals surface area (Å²) in [6.07, 6.45) is 3.09. The smallest absolute Gasteiger partial charge is 0.341 e. The Hall–Kier alpha value is -2.88. The fourth-order valence-corrected chi connectivity index (χ4v) is 4.60. The minimum absolute atomic E-state index is 0.0212. The minimum Gasteiger partial charge on any atom is -0.492 e. The number of rotatable bonds is 4. The van der Waals surface area contributed by atoms with Crippen molar-refractivity contribution < 1.29 is 19.0 Å². The summed E-state index contributed by atoms with van der Waals surface area (Å²) in [5, 5.41) is 13.1. The van der Waals surface area contributed by atoms with Crippen LogP contribution >= 0.6 is 12.2 Å². The third-order valence-corrected chi connectivity index (χ3v) is 6.43. The monoisotopic (exact) mass is 448 g/mol. The number of methoxy groups -OCH3 is 1. The van der Waals surface area contributed by atoms with E-state index in [1.165, 1.54) is 13.3 Å². The van der Waals surface area contributed by atoms with E-state index >= 15 is 4.39 Å². The molecule has 0 radical (unpaired) electrons. The predicted molar refractivity (Wildman–Crippen MR) is 120 cm³/mol. The normalized spacial score (nSPS) is 18.9. The second kappa shape index (κ2) is 7.99. The van der Waals surface area contributed by atoms with Crippen LogP contribution in [0.3, 0.4) is 0 Å². The highest BCUT2D eigenvalue weighted by Gasteiger charge is 2.33. The summed E-state index contributed by atoms with van der Waals surface area (Å²) in [5.41, 5.74) is -0.344. The zero-order valence-electron chi connectivity index (χ0n) is 17.6. The number of aromatic carboxylic acids is 1. The quantitative estimate of drug-likeness (QED) is 0.689. The fraction of sp³-hybridized carbons (Fsp3) is 0.476. The molecule has 1 atom stereocenters. The van der Waals surface area contributed by atoms with Crippen molar-refractivity contribution in [1.82, 2.24) is 14.8 Å². The van der Waals surface area contributed by atoms with Gasteiger partial charge >= 0.3 is 5.97 Å². The molecule has 2 aromatic rings. The number of fused-ring (bicyclic) bond motifs is 1. The summed E-state index contributed by atoms with van der Waals surface area (Å²) in [6, 6.07) is 1.25. The predicted octanol–water partition coefficient (Wildman–Crippen LogP) is 2.20. The van der Waals surface area contributed by atoms with Crippen molar-refractivity contribution in [2.24, 2.45) is 0 Å². The maximum absolute atomic E-state index is 15.4. The van der Waals surface area contributed by atoms with E-state index in [0.717, 1.165) is 18.9 Å². The second-order valence-electron chi connectivity index (χ2n) is 8.00. The molecule has 4 rings (SSSR count). The first-order valence-corrected chi connectivity index (χ1v) is 10.6. The Morgan fingerprint density at radius 3 is 2.61 bits per heavy atom. The number of hydrogen-bond donors (Lipinski definition) is 2. The number of anilines is 1. The number of aromatic nitrogens is 1. The Labute approximate surface area is 184 Å². The lowest BCUT2D eigenvalue weighted by atomic mass is 10.1. The van der Waals surface area contributed by atoms with Crippen LogP contribution in [0.2, 0.25) is 0 Å². The summed E-state index contributed by atoms with van der Waals surface area (Å²) in [6.45, 7) is 3.66. The van der Waals surface area contributed by atoms with Crippen LogP contribution in [0.25, 0.3) is 10.9 Å². The highest BCUT2D eigenvalue weighted by atomic mass is 32.1. The zero-order valence-corrected chi connectivity index (χ0v) is 18.5. The summed E-state index contributed by atoms with van der Waals surface area (Å²) in [5.74, 6) is -1.67. The average molecular weight is 449 g/mol. The topological polar surface area (TPSA) is 87.0 Å². The number of piperazine rings is 1. The summed E-state index contributed by atoms with van der Waals surface area (Å²) < 4.78 is 22.8. The van der Waals surface area contributed by atoms with Gasteiger partial charge in [0.15, 0.2) is 16.7 Å². The lowest BCUT2D eigenvalue weighted by Gasteiger charge is -2.42. The Balaban J connectivity index is 1.88. The van der Waals surface area contributed by atoms with Crippen LogP contribution in [0.5, 0.6) is 5.75 Å². The van der Waals surface area contributed by atoms with E-state index in [-0.39, 0.29) is 34.5 Å². The Kier molecular flexibility index (Phi) is 5.50. The van der Waals surface area contributed by atoms with Gasteiger partial charge in [-0.25, -0.2) is 9.18 Å². The Morgan fingerprint density at radius 1 is 1.35 bits per heavy atom. The molecular weight excluding hydrogens is 423 g/mol. The van der Waals surface area contributed by atoms with Crippen molar-refractivity contribution in [3.8, 4) is 5.75 Å². The number of carbonyl (C=O) groups is 1. The molecule has 2 heterocycles. The maximum atomic E-state index is 15.4. The largest absolute Gasteiger partial charge is 0.492 e. The number of halogens is 1. The van der Waals surface area contributed by atoms with Crippen LogP contribution in [-0.4, -0.2) is 65.5 Å². The fourth-order valence-electron chi connectivity index (χ4n) is 4.33. The molecule has 1 aliphatic carbocycles. The molecule has 0 bridgehead atoms. The first-order chi connectivity index (χ1) is 14.8. The first kappa shape index (κ1) is 21.4. The van der Waals surface area contributed by atoms with Gasteiger partial charge in [-0.3, -0.25) is 4.79 Å². The van der Waals surface area contributed by atoms with Gasteiger partial charge in [0.25, 0.3) is 0 Å². The van der Waals surface area contributed by atoms with Gasteiger partial charge in [-0.2, -0.15) is 0 Å². The van der Waals surface area contributed by atoms with Gasteiger partial charge < -0.3 is 29.5 Å². The molecular formula is C21H25FN4O4S. The number of nitrogens with one attached hydrogen (secondary N) is 1. The number of ether oxygens (including phenoxy) is 1. The average Bonchev–Trinajstić information content (AvgIpc) is 3.57. The number of nitrogens with zero attached hydrogens (tertiary/aromatic N) is 3. The van der Waals surface area contributed by atoms with Crippen molar-refractivity contribution in [2.75, 3.05) is 38.7 Å². The molecule has 1 aromatic heterocycles. The SMILES string of the molecule is CNC(=S)N1CCN(c2c(F)cc3c(=O)c(C(=O)O)cn(C4CC4)c3c2OC)C[C@@H]1C. The highest BCUT2D eigenvalue weighted by Crippen LogP contribution is 2.44. The van der Waals surface area contributed by atoms with Gasteiger partial charge in [0.05, 0.1) is 18.0 Å². The third-order valence-electron chi connectivity index (χ3n) is 5.99. The third kappa shape index (κ3) is 3.58. The minimum atomic E-state index is -1.32. The molecule has 1 aliphatic heterocycles. The van der Waals surface area contributed by atoms with Crippen LogP contribution < -0.4 is 20.4 Å². The van der Waals surface area contributed by atoms with Crippen molar-refractivity contribution in [1.29, 1.82) is 0 Å². The molecule has 10 heteroatoms. The summed E-state index contributed by atoms with van der Waals surface area (Å²) >= 11 is 5.36. The summed E-state index contributed by atoms with van der Waals surface area (Å²) in [4.78, 5) is 28.4. The van der Waals surface area contributed by atoms with Gasteiger partial charge in [0, 0.05) is 45.0 Å². The highest BCUT2D eigenvalue weighted by molar-refractivity contribution is 7.80. The lowest BCUT2D eigenvalue weighted by molar-refractivity contribution is 0.0695. The number of benzene rings is 1. The molecule has 1 saturated heterocycles. The van der Waals surface area contributed by atoms with Gasteiger partial charge in [-0.1, -0.05) is 0 Å². The van der Waals surface area contributed by atoms with Gasteiger partial charge in [0.1, 0.15) is 11.3 Å². The van der Waals surface area contributed by atoms with Crippen LogP contribution in [0.4, 0.5) is 10.1 Å². The maximum Gasteiger partial charge on any atom is 0.341 e. The molecule has 0 unspecified atom stereocenters. The van der Waals surface area contributed by atoms with E-state index in [4.69, 9.17) is 17.0 Å². The van der Waals surface area contributed by atoms with Crippen molar-refractivity contribution in [3.05, 3.63) is 33.9 Å². The van der Waals surface area contributed by atoms with E-state index in [1.54, 1.807) is 11.6 Å². The van der Waals surface area contributed by atoms with Gasteiger partial charge in [-0.15, -0.1) is 0 Å². The van der Waals surface area contributed by atoms with E-state index in [2.05, 4.69) is 10.2 Å².